The molecule has 2 rings (SSSR count). The molecule has 1 saturated carbocycles. The molecule has 0 saturated heterocycles. The Balaban J connectivity index is 2.01. The van der Waals surface area contributed by atoms with E-state index in [9.17, 15) is 15.0 Å². The van der Waals surface area contributed by atoms with Crippen LogP contribution < -0.4 is 5.32 Å². The summed E-state index contributed by atoms with van der Waals surface area (Å²) in [6, 6.07) is 2.94. The number of hydrogen-bond acceptors (Lipinski definition) is 4. The molecule has 0 aliphatic heterocycles. The van der Waals surface area contributed by atoms with E-state index in [4.69, 9.17) is 0 Å². The van der Waals surface area contributed by atoms with Crippen molar-refractivity contribution in [3.05, 3.63) is 30.1 Å². The van der Waals surface area contributed by atoms with Gasteiger partial charge < -0.3 is 15.5 Å². The summed E-state index contributed by atoms with van der Waals surface area (Å²) in [5, 5.41) is 22.1. The van der Waals surface area contributed by atoms with Crippen molar-refractivity contribution < 1.29 is 15.0 Å². The zero-order valence-electron chi connectivity index (χ0n) is 9.58. The van der Waals surface area contributed by atoms with Crippen LogP contribution in [0.3, 0.4) is 0 Å². The van der Waals surface area contributed by atoms with Gasteiger partial charge in [0.2, 0.25) is 0 Å². The third-order valence-electron chi connectivity index (χ3n) is 3.21. The Morgan fingerprint density at radius 2 is 2.24 bits per heavy atom. The smallest absolute Gasteiger partial charge is 0.253 e. The Hall–Kier alpha value is -1.46. The van der Waals surface area contributed by atoms with Crippen molar-refractivity contribution in [1.29, 1.82) is 0 Å². The number of aliphatic hydroxyl groups excluding tert-OH is 2. The highest BCUT2D eigenvalue weighted by Gasteiger charge is 2.39. The van der Waals surface area contributed by atoms with E-state index in [2.05, 4.69) is 10.3 Å². The molecular formula is C12H16N2O3. The predicted molar refractivity (Wildman–Crippen MR) is 61.3 cm³/mol. The summed E-state index contributed by atoms with van der Waals surface area (Å²) in [5.74, 6) is -0.285. The number of hydrogen-bond donors (Lipinski definition) is 3. The standard InChI is InChI=1S/C12H16N2O3/c1-7-5-9(11(16)10(7)15)14-12(17)8-3-2-4-13-6-8/h2-4,6-7,9-11,15-16H,5H2,1H3,(H,14,17)/t7-,9-,10-,11+/m1/s1. The minimum Gasteiger partial charge on any atom is -0.390 e. The van der Waals surface area contributed by atoms with Gasteiger partial charge in [0.1, 0.15) is 6.10 Å². The van der Waals surface area contributed by atoms with Crippen LogP contribution in [0, 0.1) is 5.92 Å². The second-order valence-corrected chi connectivity index (χ2v) is 4.52. The molecule has 5 heteroatoms. The molecule has 4 atom stereocenters. The summed E-state index contributed by atoms with van der Waals surface area (Å²) in [4.78, 5) is 15.7. The lowest BCUT2D eigenvalue weighted by Crippen LogP contribution is -2.43. The second kappa shape index (κ2) is 4.81. The first-order valence-corrected chi connectivity index (χ1v) is 5.66. The molecule has 1 heterocycles. The molecule has 3 N–H and O–H groups in total. The molecule has 0 aromatic carbocycles. The van der Waals surface area contributed by atoms with Crippen LogP contribution in [0.1, 0.15) is 23.7 Å². The van der Waals surface area contributed by atoms with Crippen LogP contribution in [-0.2, 0) is 0 Å². The largest absolute Gasteiger partial charge is 0.390 e. The quantitative estimate of drug-likeness (QED) is 0.672. The van der Waals surface area contributed by atoms with E-state index >= 15 is 0 Å². The summed E-state index contributed by atoms with van der Waals surface area (Å²) in [6.45, 7) is 1.85. The Labute approximate surface area is 99.5 Å². The van der Waals surface area contributed by atoms with Gasteiger partial charge in [0.05, 0.1) is 17.7 Å². The number of nitrogens with zero attached hydrogens (tertiary/aromatic N) is 1. The van der Waals surface area contributed by atoms with Crippen molar-refractivity contribution in [1.82, 2.24) is 10.3 Å². The summed E-state index contributed by atoms with van der Waals surface area (Å²) < 4.78 is 0. The average Bonchev–Trinajstić information content (AvgIpc) is 2.58. The molecule has 0 unspecified atom stereocenters. The van der Waals surface area contributed by atoms with Crippen molar-refractivity contribution in [3.8, 4) is 0 Å². The third-order valence-corrected chi connectivity index (χ3v) is 3.21. The maximum atomic E-state index is 11.8. The van der Waals surface area contributed by atoms with Crippen molar-refractivity contribution in [2.45, 2.75) is 31.6 Å². The summed E-state index contributed by atoms with van der Waals surface area (Å²) in [7, 11) is 0. The fourth-order valence-electron chi connectivity index (χ4n) is 2.15. The molecule has 1 aliphatic carbocycles. The first-order valence-electron chi connectivity index (χ1n) is 5.66. The van der Waals surface area contributed by atoms with Crippen molar-refractivity contribution in [3.63, 3.8) is 0 Å². The van der Waals surface area contributed by atoms with Crippen LogP contribution in [0.5, 0.6) is 0 Å². The molecule has 1 aromatic rings. The second-order valence-electron chi connectivity index (χ2n) is 4.52. The van der Waals surface area contributed by atoms with Crippen LogP contribution in [0.2, 0.25) is 0 Å². The van der Waals surface area contributed by atoms with E-state index in [0.29, 0.717) is 12.0 Å². The number of carbonyl (C=O) groups is 1. The van der Waals surface area contributed by atoms with Crippen LogP contribution >= 0.6 is 0 Å². The number of pyridine rings is 1. The van der Waals surface area contributed by atoms with E-state index in [1.165, 1.54) is 6.20 Å². The normalized spacial score (nSPS) is 32.4. The predicted octanol–water partition coefficient (Wildman–Crippen LogP) is -0.0584. The van der Waals surface area contributed by atoms with Crippen molar-refractivity contribution in [2.75, 3.05) is 0 Å². The van der Waals surface area contributed by atoms with Crippen LogP contribution in [-0.4, -0.2) is 39.4 Å². The summed E-state index contributed by atoms with van der Waals surface area (Å²) >= 11 is 0. The van der Waals surface area contributed by atoms with Crippen molar-refractivity contribution in [2.24, 2.45) is 5.92 Å². The number of aliphatic hydroxyl groups is 2. The molecule has 0 bridgehead atoms. The number of nitrogens with one attached hydrogen (secondary N) is 1. The Morgan fingerprint density at radius 1 is 1.47 bits per heavy atom. The molecule has 0 spiro atoms. The first-order chi connectivity index (χ1) is 8.09. The highest BCUT2D eigenvalue weighted by atomic mass is 16.3. The number of amides is 1. The van der Waals surface area contributed by atoms with Gasteiger partial charge in [-0.05, 0) is 24.5 Å². The molecule has 1 amide bonds. The van der Waals surface area contributed by atoms with Crippen LogP contribution in [0.15, 0.2) is 24.5 Å². The third kappa shape index (κ3) is 2.45. The number of rotatable bonds is 2. The SMILES string of the molecule is C[C@@H]1C[C@@H](NC(=O)c2cccnc2)[C@H](O)[C@@H]1O. The van der Waals surface area contributed by atoms with E-state index in [1.54, 1.807) is 18.3 Å². The van der Waals surface area contributed by atoms with E-state index in [1.807, 2.05) is 6.92 Å². The Kier molecular flexibility index (Phi) is 3.40. The minimum absolute atomic E-state index is 0.0100. The molecule has 92 valence electrons. The van der Waals surface area contributed by atoms with E-state index < -0.39 is 18.2 Å². The van der Waals surface area contributed by atoms with Crippen molar-refractivity contribution >= 4 is 5.91 Å². The minimum atomic E-state index is -0.898. The molecule has 1 aliphatic rings. The lowest BCUT2D eigenvalue weighted by molar-refractivity contribution is 0.0145. The van der Waals surface area contributed by atoms with E-state index in [0.717, 1.165) is 0 Å². The van der Waals surface area contributed by atoms with Gasteiger partial charge in [-0.25, -0.2) is 0 Å². The monoisotopic (exact) mass is 236 g/mol. The van der Waals surface area contributed by atoms with Gasteiger partial charge >= 0.3 is 0 Å². The lowest BCUT2D eigenvalue weighted by atomic mass is 10.1. The van der Waals surface area contributed by atoms with Crippen LogP contribution in [0.25, 0.3) is 0 Å². The van der Waals surface area contributed by atoms with Gasteiger partial charge in [-0.2, -0.15) is 0 Å². The van der Waals surface area contributed by atoms with Gasteiger partial charge in [-0.15, -0.1) is 0 Å². The molecule has 1 aromatic heterocycles. The molecule has 17 heavy (non-hydrogen) atoms. The molecule has 0 radical (unpaired) electrons. The summed E-state index contributed by atoms with van der Waals surface area (Å²) in [5.41, 5.74) is 0.453. The summed E-state index contributed by atoms with van der Waals surface area (Å²) in [6.07, 6.45) is 1.97. The average molecular weight is 236 g/mol. The Morgan fingerprint density at radius 3 is 2.76 bits per heavy atom. The van der Waals surface area contributed by atoms with Gasteiger partial charge in [0.25, 0.3) is 5.91 Å². The van der Waals surface area contributed by atoms with Gasteiger partial charge in [-0.3, -0.25) is 9.78 Å². The maximum Gasteiger partial charge on any atom is 0.253 e. The molecule has 5 nitrogen and oxygen atoms in total. The number of carbonyl (C=O) groups excluding carboxylic acids is 1. The van der Waals surface area contributed by atoms with Crippen LogP contribution in [0.4, 0.5) is 0 Å². The zero-order valence-corrected chi connectivity index (χ0v) is 9.58. The van der Waals surface area contributed by atoms with Gasteiger partial charge in [-0.1, -0.05) is 6.92 Å². The van der Waals surface area contributed by atoms with E-state index in [-0.39, 0.29) is 11.8 Å². The lowest BCUT2D eigenvalue weighted by Gasteiger charge is -2.17. The highest BCUT2D eigenvalue weighted by Crippen LogP contribution is 2.26. The Bertz CT molecular complexity index is 396. The number of aromatic nitrogens is 1. The zero-order chi connectivity index (χ0) is 12.4. The fourth-order valence-corrected chi connectivity index (χ4v) is 2.15. The maximum absolute atomic E-state index is 11.8. The van der Waals surface area contributed by atoms with Gasteiger partial charge in [0, 0.05) is 12.4 Å². The topological polar surface area (TPSA) is 82.5 Å². The fraction of sp³-hybridized carbons (Fsp3) is 0.500. The first kappa shape index (κ1) is 12.0. The molecular weight excluding hydrogens is 220 g/mol. The highest BCUT2D eigenvalue weighted by molar-refractivity contribution is 5.94. The molecule has 1 fully saturated rings. The van der Waals surface area contributed by atoms with Gasteiger partial charge in [0.15, 0.2) is 0 Å².